The van der Waals surface area contributed by atoms with Gasteiger partial charge in [-0.05, 0) is 48.4 Å². The first-order valence-corrected chi connectivity index (χ1v) is 9.81. The lowest BCUT2D eigenvalue weighted by molar-refractivity contribution is 0.598. The molecule has 0 unspecified atom stereocenters. The van der Waals surface area contributed by atoms with Crippen molar-refractivity contribution < 1.29 is 8.42 Å². The van der Waals surface area contributed by atoms with Crippen LogP contribution in [-0.4, -0.2) is 30.1 Å². The van der Waals surface area contributed by atoms with Crippen molar-refractivity contribution in [2.75, 3.05) is 17.2 Å². The second kappa shape index (κ2) is 8.43. The normalized spacial score (nSPS) is 10.9. The summed E-state index contributed by atoms with van der Waals surface area (Å²) in [5.41, 5.74) is 2.30. The van der Waals surface area contributed by atoms with Gasteiger partial charge in [0.2, 0.25) is 16.0 Å². The largest absolute Gasteiger partial charge is 0.353 e. The van der Waals surface area contributed by atoms with Crippen LogP contribution in [0.2, 0.25) is 0 Å². The van der Waals surface area contributed by atoms with E-state index >= 15 is 0 Å². The van der Waals surface area contributed by atoms with Crippen LogP contribution >= 0.6 is 0 Å². The van der Waals surface area contributed by atoms with Gasteiger partial charge in [0.05, 0.1) is 22.7 Å². The predicted octanol–water partition coefficient (Wildman–Crippen LogP) is 1.79. The minimum atomic E-state index is -3.68. The summed E-state index contributed by atoms with van der Waals surface area (Å²) >= 11 is 0. The number of hydrogen-bond acceptors (Lipinski definition) is 8. The van der Waals surface area contributed by atoms with Crippen LogP contribution in [0.25, 0.3) is 0 Å². The molecule has 3 rings (SSSR count). The smallest absolute Gasteiger partial charge is 0.244 e. The highest BCUT2D eigenvalue weighted by Crippen LogP contribution is 2.15. The molecular weight excluding hydrogens is 378 g/mol. The van der Waals surface area contributed by atoms with Gasteiger partial charge in [-0.25, -0.2) is 13.6 Å². The van der Waals surface area contributed by atoms with Gasteiger partial charge < -0.3 is 10.6 Å². The molecule has 142 valence electrons. The van der Waals surface area contributed by atoms with E-state index in [9.17, 15) is 8.42 Å². The van der Waals surface area contributed by atoms with E-state index in [0.29, 0.717) is 30.3 Å². The summed E-state index contributed by atoms with van der Waals surface area (Å²) in [7, 11) is -3.68. The lowest BCUT2D eigenvalue weighted by atomic mass is 10.1. The van der Waals surface area contributed by atoms with Gasteiger partial charge in [0, 0.05) is 12.2 Å². The number of aromatic nitrogens is 3. The van der Waals surface area contributed by atoms with Crippen molar-refractivity contribution in [3.05, 3.63) is 65.9 Å². The minimum Gasteiger partial charge on any atom is -0.353 e. The topological polar surface area (TPSA) is 147 Å². The van der Waals surface area contributed by atoms with Crippen LogP contribution in [0.15, 0.2) is 59.6 Å². The fourth-order valence-electron chi connectivity index (χ4n) is 2.38. The molecule has 4 N–H and O–H groups in total. The number of anilines is 3. The fourth-order valence-corrected chi connectivity index (χ4v) is 2.89. The molecule has 0 saturated carbocycles. The molecule has 1 aromatic heterocycles. The highest BCUT2D eigenvalue weighted by atomic mass is 32.2. The second-order valence-corrected chi connectivity index (χ2v) is 7.41. The third kappa shape index (κ3) is 5.23. The summed E-state index contributed by atoms with van der Waals surface area (Å²) in [6.07, 6.45) is 2.14. The quantitative estimate of drug-likeness (QED) is 0.548. The zero-order chi connectivity index (χ0) is 20.0. The Labute approximate surface area is 162 Å². The first-order valence-electron chi connectivity index (χ1n) is 8.26. The van der Waals surface area contributed by atoms with Crippen LogP contribution < -0.4 is 15.8 Å². The summed E-state index contributed by atoms with van der Waals surface area (Å²) in [6.45, 7) is 0.538. The van der Waals surface area contributed by atoms with Gasteiger partial charge in [-0.1, -0.05) is 12.1 Å². The van der Waals surface area contributed by atoms with E-state index in [2.05, 4.69) is 31.9 Å². The zero-order valence-electron chi connectivity index (χ0n) is 14.7. The Balaban J connectivity index is 1.56. The first kappa shape index (κ1) is 19.2. The predicted molar refractivity (Wildman–Crippen MR) is 104 cm³/mol. The van der Waals surface area contributed by atoms with Gasteiger partial charge in [-0.2, -0.15) is 15.3 Å². The average molecular weight is 395 g/mol. The van der Waals surface area contributed by atoms with Crippen molar-refractivity contribution in [3.63, 3.8) is 0 Å². The van der Waals surface area contributed by atoms with E-state index in [1.54, 1.807) is 36.4 Å². The average Bonchev–Trinajstić information content (AvgIpc) is 2.69. The molecule has 0 bridgehead atoms. The Kier molecular flexibility index (Phi) is 5.78. The van der Waals surface area contributed by atoms with Gasteiger partial charge in [0.1, 0.15) is 0 Å². The van der Waals surface area contributed by atoms with Gasteiger partial charge in [-0.15, -0.1) is 5.10 Å². The van der Waals surface area contributed by atoms with Gasteiger partial charge >= 0.3 is 0 Å². The van der Waals surface area contributed by atoms with Crippen LogP contribution in [-0.2, 0) is 16.4 Å². The van der Waals surface area contributed by atoms with Crippen molar-refractivity contribution in [1.29, 1.82) is 5.26 Å². The van der Waals surface area contributed by atoms with Crippen molar-refractivity contribution in [2.45, 2.75) is 11.3 Å². The number of nitrogens with one attached hydrogen (secondary N) is 2. The molecule has 28 heavy (non-hydrogen) atoms. The van der Waals surface area contributed by atoms with Crippen molar-refractivity contribution in [1.82, 2.24) is 15.2 Å². The molecule has 0 fully saturated rings. The lowest BCUT2D eigenvalue weighted by Gasteiger charge is -2.08. The molecule has 0 aliphatic rings. The number of hydrogen-bond donors (Lipinski definition) is 3. The van der Waals surface area contributed by atoms with Crippen LogP contribution in [0, 0.1) is 11.3 Å². The summed E-state index contributed by atoms with van der Waals surface area (Å²) < 4.78 is 22.5. The molecule has 10 heteroatoms. The van der Waals surface area contributed by atoms with Gasteiger partial charge in [-0.3, -0.25) is 0 Å². The van der Waals surface area contributed by atoms with E-state index in [-0.39, 0.29) is 4.90 Å². The molecule has 2 aromatic carbocycles. The molecule has 1 heterocycles. The molecule has 3 aromatic rings. The summed E-state index contributed by atoms with van der Waals surface area (Å²) in [5, 5.41) is 27.9. The van der Waals surface area contributed by atoms with Crippen LogP contribution in [0.1, 0.15) is 11.1 Å². The maximum absolute atomic E-state index is 11.3. The Morgan fingerprint density at radius 1 is 1.07 bits per heavy atom. The molecule has 0 aliphatic carbocycles. The summed E-state index contributed by atoms with van der Waals surface area (Å²) in [5.74, 6) is 0.875. The highest BCUT2D eigenvalue weighted by Gasteiger charge is 2.07. The van der Waals surface area contributed by atoms with Crippen LogP contribution in [0.4, 0.5) is 17.5 Å². The van der Waals surface area contributed by atoms with Crippen LogP contribution in [0.3, 0.4) is 0 Å². The Morgan fingerprint density at radius 2 is 1.79 bits per heavy atom. The minimum absolute atomic E-state index is 0.0818. The Bertz CT molecular complexity index is 1090. The van der Waals surface area contributed by atoms with Crippen LogP contribution in [0.5, 0.6) is 0 Å². The highest BCUT2D eigenvalue weighted by molar-refractivity contribution is 7.89. The number of benzene rings is 2. The Morgan fingerprint density at radius 3 is 2.43 bits per heavy atom. The van der Waals surface area contributed by atoms with Crippen molar-refractivity contribution in [3.8, 4) is 6.07 Å². The number of nitrogens with zero attached hydrogens (tertiary/aromatic N) is 4. The van der Waals surface area contributed by atoms with Gasteiger partial charge in [0.15, 0.2) is 5.82 Å². The van der Waals surface area contributed by atoms with Crippen molar-refractivity contribution >= 4 is 27.5 Å². The molecule has 9 nitrogen and oxygen atoms in total. The summed E-state index contributed by atoms with van der Waals surface area (Å²) in [6, 6.07) is 15.4. The third-order valence-corrected chi connectivity index (χ3v) is 4.72. The monoisotopic (exact) mass is 395 g/mol. The maximum Gasteiger partial charge on any atom is 0.244 e. The van der Waals surface area contributed by atoms with E-state index in [4.69, 9.17) is 10.4 Å². The van der Waals surface area contributed by atoms with Gasteiger partial charge in [0.25, 0.3) is 0 Å². The van der Waals surface area contributed by atoms with E-state index in [1.165, 1.54) is 18.3 Å². The number of rotatable bonds is 7. The number of primary sulfonamides is 1. The second-order valence-electron chi connectivity index (χ2n) is 5.85. The van der Waals surface area contributed by atoms with E-state index in [0.717, 1.165) is 11.3 Å². The fraction of sp³-hybridized carbons (Fsp3) is 0.111. The first-order chi connectivity index (χ1) is 13.4. The lowest BCUT2D eigenvalue weighted by Crippen LogP contribution is -2.12. The molecular formula is C18H17N7O2S. The summed E-state index contributed by atoms with van der Waals surface area (Å²) in [4.78, 5) is 4.41. The number of sulfonamides is 1. The van der Waals surface area contributed by atoms with E-state index in [1.807, 2.05) is 0 Å². The number of nitrogens with two attached hydrogens (primary N) is 1. The van der Waals surface area contributed by atoms with Crippen molar-refractivity contribution in [2.24, 2.45) is 5.14 Å². The zero-order valence-corrected chi connectivity index (χ0v) is 15.5. The Hall–Kier alpha value is -3.55. The van der Waals surface area contributed by atoms with E-state index < -0.39 is 10.0 Å². The number of nitriles is 1. The molecule has 0 saturated heterocycles. The molecule has 0 amide bonds. The SMILES string of the molecule is N#Cc1ccc(Nc2cnnc(NCCc3ccc(S(N)(=O)=O)cc3)n2)cc1. The molecule has 0 atom stereocenters. The third-order valence-electron chi connectivity index (χ3n) is 3.79. The molecule has 0 radical (unpaired) electrons. The standard InChI is InChI=1S/C18H17N7O2S/c19-11-14-1-5-15(6-2-14)23-17-12-22-25-18(24-17)21-10-9-13-3-7-16(8-4-13)28(20,26)27/h1-8,12H,9-10H2,(H2,20,26,27)(H2,21,23,24,25). The molecule has 0 spiro atoms. The maximum atomic E-state index is 11.3. The molecule has 0 aliphatic heterocycles.